The van der Waals surface area contributed by atoms with Crippen molar-refractivity contribution >= 4 is 35.0 Å². The van der Waals surface area contributed by atoms with Gasteiger partial charge in [0, 0.05) is 42.0 Å². The van der Waals surface area contributed by atoms with Crippen LogP contribution in [0.15, 0.2) is 71.9 Å². The van der Waals surface area contributed by atoms with Crippen molar-refractivity contribution in [1.29, 1.82) is 0 Å². The monoisotopic (exact) mass is 597 g/mol. The Bertz CT molecular complexity index is 1700. The minimum atomic E-state index is -0.877. The molecule has 0 bridgehead atoms. The number of anilines is 2. The minimum Gasteiger partial charge on any atom is -0.453 e. The molecule has 0 saturated carbocycles. The zero-order valence-electron chi connectivity index (χ0n) is 22.4. The van der Waals surface area contributed by atoms with Crippen LogP contribution in [0.4, 0.5) is 20.3 Å². The summed E-state index contributed by atoms with van der Waals surface area (Å²) in [5.41, 5.74) is 10.8. The van der Waals surface area contributed by atoms with Gasteiger partial charge in [0.1, 0.15) is 28.3 Å². The van der Waals surface area contributed by atoms with Crippen LogP contribution >= 0.6 is 11.6 Å². The predicted octanol–water partition coefficient (Wildman–Crippen LogP) is 4.95. The lowest BCUT2D eigenvalue weighted by molar-refractivity contribution is -0.150. The third kappa shape index (κ3) is 6.90. The summed E-state index contributed by atoms with van der Waals surface area (Å²) in [5.74, 6) is -3.22. The van der Waals surface area contributed by atoms with Crippen molar-refractivity contribution in [1.82, 2.24) is 9.55 Å². The van der Waals surface area contributed by atoms with E-state index in [0.717, 1.165) is 18.2 Å². The van der Waals surface area contributed by atoms with E-state index in [0.29, 0.717) is 5.56 Å². The predicted molar refractivity (Wildman–Crippen MR) is 153 cm³/mol. The van der Waals surface area contributed by atoms with Gasteiger partial charge in [0.15, 0.2) is 24.0 Å². The van der Waals surface area contributed by atoms with Crippen LogP contribution in [0.3, 0.4) is 0 Å². The highest BCUT2D eigenvalue weighted by Crippen LogP contribution is 2.34. The van der Waals surface area contributed by atoms with Gasteiger partial charge < -0.3 is 30.8 Å². The molecule has 0 fully saturated rings. The number of carbonyl (C=O) groups excluding carboxylic acids is 2. The summed E-state index contributed by atoms with van der Waals surface area (Å²) < 4.78 is 40.4. The van der Waals surface area contributed by atoms with Gasteiger partial charge in [-0.05, 0) is 35.7 Å². The standard InChI is InChI=1S/C29H26ClF2N5O5/c1-15(2)25(33)29(40)41-14-37-12-19(16-3-5-17(31)6-4-16)26(38)20(13-37)28(39)36-18-7-8-22(21(32)11-18)42-23-9-10-35-27(34)24(23)30/h3-13,15,25H,14,33H2,1-2H3,(H2,34,35)(H,36,39)/t25-/m1/s1. The first kappa shape index (κ1) is 30.2. The van der Waals surface area contributed by atoms with E-state index in [-0.39, 0.29) is 51.8 Å². The molecule has 10 nitrogen and oxygen atoms in total. The highest BCUT2D eigenvalue weighted by Gasteiger charge is 2.21. The number of halogens is 3. The number of hydrogen-bond donors (Lipinski definition) is 3. The van der Waals surface area contributed by atoms with E-state index in [1.807, 2.05) is 0 Å². The second-order valence-corrected chi connectivity index (χ2v) is 9.89. The van der Waals surface area contributed by atoms with Gasteiger partial charge in [-0.3, -0.25) is 14.4 Å². The molecule has 4 aromatic rings. The fourth-order valence-electron chi connectivity index (χ4n) is 3.71. The maximum absolute atomic E-state index is 14.9. The van der Waals surface area contributed by atoms with E-state index in [1.165, 1.54) is 53.5 Å². The van der Waals surface area contributed by atoms with Crippen molar-refractivity contribution in [3.63, 3.8) is 0 Å². The molecule has 1 atom stereocenters. The van der Waals surface area contributed by atoms with Gasteiger partial charge in [0.25, 0.3) is 5.91 Å². The number of aromatic nitrogens is 2. The van der Waals surface area contributed by atoms with Crippen molar-refractivity contribution in [3.8, 4) is 22.6 Å². The Hall–Kier alpha value is -4.81. The van der Waals surface area contributed by atoms with Crippen LogP contribution in [0.1, 0.15) is 24.2 Å². The summed E-state index contributed by atoms with van der Waals surface area (Å²) in [6.45, 7) is 3.15. The van der Waals surface area contributed by atoms with Gasteiger partial charge in [-0.1, -0.05) is 37.6 Å². The number of rotatable bonds is 9. The zero-order valence-corrected chi connectivity index (χ0v) is 23.2. The number of nitrogens with two attached hydrogens (primary N) is 2. The average Bonchev–Trinajstić information content (AvgIpc) is 2.96. The van der Waals surface area contributed by atoms with E-state index in [4.69, 9.17) is 32.5 Å². The van der Waals surface area contributed by atoms with Crippen molar-refractivity contribution in [3.05, 3.63) is 99.6 Å². The molecule has 0 saturated heterocycles. The van der Waals surface area contributed by atoms with E-state index >= 15 is 0 Å². The molecular formula is C29H26ClF2N5O5. The van der Waals surface area contributed by atoms with Gasteiger partial charge in [-0.15, -0.1) is 0 Å². The van der Waals surface area contributed by atoms with E-state index < -0.39 is 35.0 Å². The van der Waals surface area contributed by atoms with Crippen LogP contribution in [-0.2, 0) is 16.3 Å². The molecule has 1 amide bonds. The lowest BCUT2D eigenvalue weighted by Crippen LogP contribution is -2.37. The first-order chi connectivity index (χ1) is 19.9. The van der Waals surface area contributed by atoms with Crippen LogP contribution in [0.2, 0.25) is 5.02 Å². The summed E-state index contributed by atoms with van der Waals surface area (Å²) in [4.78, 5) is 42.7. The highest BCUT2D eigenvalue weighted by atomic mass is 35.5. The number of esters is 1. The molecule has 0 radical (unpaired) electrons. The van der Waals surface area contributed by atoms with Gasteiger partial charge >= 0.3 is 5.97 Å². The number of nitrogens with one attached hydrogen (secondary N) is 1. The number of nitrogen functional groups attached to an aromatic ring is 1. The Balaban J connectivity index is 1.62. The number of pyridine rings is 2. The quantitative estimate of drug-likeness (QED) is 0.229. The lowest BCUT2D eigenvalue weighted by atomic mass is 10.0. The third-order valence-corrected chi connectivity index (χ3v) is 6.50. The van der Waals surface area contributed by atoms with Crippen LogP contribution in [0, 0.1) is 17.6 Å². The fourth-order valence-corrected chi connectivity index (χ4v) is 3.86. The first-order valence-electron chi connectivity index (χ1n) is 12.6. The summed E-state index contributed by atoms with van der Waals surface area (Å²) in [7, 11) is 0. The minimum absolute atomic E-state index is 0.00321. The maximum atomic E-state index is 14.9. The number of nitrogens with zero attached hydrogens (tertiary/aromatic N) is 2. The molecule has 0 aliphatic carbocycles. The molecule has 2 aromatic heterocycles. The van der Waals surface area contributed by atoms with Crippen molar-refractivity contribution in [2.75, 3.05) is 11.1 Å². The molecule has 0 aliphatic heterocycles. The molecule has 2 aromatic carbocycles. The smallest absolute Gasteiger partial charge is 0.324 e. The number of benzene rings is 2. The molecule has 4 rings (SSSR count). The Kier molecular flexibility index (Phi) is 9.18. The Morgan fingerprint density at radius 3 is 2.45 bits per heavy atom. The molecule has 218 valence electrons. The van der Waals surface area contributed by atoms with Gasteiger partial charge in [-0.2, -0.15) is 0 Å². The zero-order chi connectivity index (χ0) is 30.6. The van der Waals surface area contributed by atoms with Crippen molar-refractivity contribution < 1.29 is 27.8 Å². The topological polar surface area (TPSA) is 152 Å². The second kappa shape index (κ2) is 12.8. The van der Waals surface area contributed by atoms with E-state index in [9.17, 15) is 23.2 Å². The normalized spacial score (nSPS) is 11.7. The van der Waals surface area contributed by atoms with Gasteiger partial charge in [0.05, 0.1) is 0 Å². The van der Waals surface area contributed by atoms with Gasteiger partial charge in [0.2, 0.25) is 5.43 Å². The molecule has 0 unspecified atom stereocenters. The van der Waals surface area contributed by atoms with Crippen LogP contribution in [0.25, 0.3) is 11.1 Å². The molecule has 2 heterocycles. The van der Waals surface area contributed by atoms with Crippen molar-refractivity contribution in [2.24, 2.45) is 11.7 Å². The number of hydrogen-bond acceptors (Lipinski definition) is 8. The molecular weight excluding hydrogens is 572 g/mol. The summed E-state index contributed by atoms with van der Waals surface area (Å²) >= 11 is 6.05. The highest BCUT2D eigenvalue weighted by molar-refractivity contribution is 6.34. The number of ether oxygens (including phenoxy) is 2. The van der Waals surface area contributed by atoms with Crippen LogP contribution in [-0.4, -0.2) is 27.5 Å². The second-order valence-electron chi connectivity index (χ2n) is 9.51. The number of carbonyl (C=O) groups is 2. The summed E-state index contributed by atoms with van der Waals surface area (Å²) in [5, 5.41) is 2.48. The van der Waals surface area contributed by atoms with E-state index in [1.54, 1.807) is 13.8 Å². The maximum Gasteiger partial charge on any atom is 0.324 e. The van der Waals surface area contributed by atoms with Crippen LogP contribution in [0.5, 0.6) is 11.5 Å². The van der Waals surface area contributed by atoms with Crippen molar-refractivity contribution in [2.45, 2.75) is 26.6 Å². The summed E-state index contributed by atoms with van der Waals surface area (Å²) in [6.07, 6.45) is 3.89. The molecule has 0 aliphatic rings. The number of amides is 1. The molecule has 0 spiro atoms. The summed E-state index contributed by atoms with van der Waals surface area (Å²) in [6, 6.07) is 9.18. The molecule has 13 heteroatoms. The van der Waals surface area contributed by atoms with Gasteiger partial charge in [-0.25, -0.2) is 13.8 Å². The Morgan fingerprint density at radius 1 is 1.07 bits per heavy atom. The third-order valence-electron chi connectivity index (χ3n) is 6.12. The first-order valence-corrected chi connectivity index (χ1v) is 12.9. The van der Waals surface area contributed by atoms with E-state index in [2.05, 4.69) is 10.3 Å². The largest absolute Gasteiger partial charge is 0.453 e. The SMILES string of the molecule is CC(C)[C@@H](N)C(=O)OCn1cc(C(=O)Nc2ccc(Oc3ccnc(N)c3Cl)c(F)c2)c(=O)c(-c2ccc(F)cc2)c1. The Labute approximate surface area is 243 Å². The molecule has 42 heavy (non-hydrogen) atoms. The molecule has 5 N–H and O–H groups in total. The Morgan fingerprint density at radius 2 is 1.79 bits per heavy atom. The average molecular weight is 598 g/mol. The lowest BCUT2D eigenvalue weighted by Gasteiger charge is -2.17. The van der Waals surface area contributed by atoms with Crippen LogP contribution < -0.4 is 26.9 Å². The fraction of sp³-hybridized carbons (Fsp3) is 0.172.